The molecule has 0 saturated carbocycles. The quantitative estimate of drug-likeness (QED) is 0.740. The van der Waals surface area contributed by atoms with Gasteiger partial charge >= 0.3 is 0 Å². The number of fused-ring (bicyclic) bond motifs is 1. The van der Waals surface area contributed by atoms with Crippen LogP contribution in [0.2, 0.25) is 0 Å². The summed E-state index contributed by atoms with van der Waals surface area (Å²) in [6.07, 6.45) is 1.71. The molecule has 1 N–H and O–H groups in total. The minimum atomic E-state index is -0.270. The van der Waals surface area contributed by atoms with Crippen molar-refractivity contribution in [3.63, 3.8) is 0 Å². The summed E-state index contributed by atoms with van der Waals surface area (Å²) in [5.41, 5.74) is 0.682. The number of nitrogens with one attached hydrogen (secondary N) is 1. The van der Waals surface area contributed by atoms with Crippen molar-refractivity contribution in [2.45, 2.75) is 33.0 Å². The summed E-state index contributed by atoms with van der Waals surface area (Å²) in [6, 6.07) is 14.7. The second kappa shape index (κ2) is 7.82. The van der Waals surface area contributed by atoms with Crippen molar-refractivity contribution in [1.29, 1.82) is 0 Å². The van der Waals surface area contributed by atoms with E-state index in [1.54, 1.807) is 18.3 Å². The van der Waals surface area contributed by atoms with E-state index in [1.807, 2.05) is 50.2 Å². The largest absolute Gasteiger partial charge is 0.491 e. The molecule has 1 heterocycles. The van der Waals surface area contributed by atoms with Gasteiger partial charge in [-0.2, -0.15) is 5.10 Å². The highest BCUT2D eigenvalue weighted by atomic mass is 16.5. The monoisotopic (exact) mass is 351 g/mol. The molecule has 3 rings (SSSR count). The highest BCUT2D eigenvalue weighted by Crippen LogP contribution is 2.13. The van der Waals surface area contributed by atoms with Crippen LogP contribution in [0.4, 0.5) is 0 Å². The maximum atomic E-state index is 12.4. The lowest BCUT2D eigenvalue weighted by atomic mass is 10.2. The van der Waals surface area contributed by atoms with Crippen LogP contribution in [0.1, 0.15) is 19.4 Å². The molecule has 134 valence electrons. The van der Waals surface area contributed by atoms with E-state index in [0.29, 0.717) is 11.9 Å². The first-order valence-corrected chi connectivity index (χ1v) is 8.50. The topological polar surface area (TPSA) is 73.2 Å². The molecular formula is C20H21N3O3. The average molecular weight is 351 g/mol. The van der Waals surface area contributed by atoms with Gasteiger partial charge in [-0.15, -0.1) is 0 Å². The van der Waals surface area contributed by atoms with Crippen LogP contribution in [-0.4, -0.2) is 21.8 Å². The Morgan fingerprint density at radius 2 is 1.88 bits per heavy atom. The number of ether oxygens (including phenoxy) is 1. The normalized spacial score (nSPS) is 10.9. The molecular weight excluding hydrogens is 330 g/mol. The van der Waals surface area contributed by atoms with E-state index in [0.717, 1.165) is 16.7 Å². The van der Waals surface area contributed by atoms with Crippen LogP contribution in [0.15, 0.2) is 59.5 Å². The molecule has 0 radical (unpaired) electrons. The summed E-state index contributed by atoms with van der Waals surface area (Å²) in [4.78, 5) is 24.5. The number of carbonyl (C=O) groups excluding carboxylic acids is 1. The first-order valence-electron chi connectivity index (χ1n) is 8.50. The Labute approximate surface area is 151 Å². The van der Waals surface area contributed by atoms with Gasteiger partial charge in [0.05, 0.1) is 17.7 Å². The fraction of sp³-hybridized carbons (Fsp3) is 0.250. The molecule has 0 bridgehead atoms. The molecule has 0 atom stereocenters. The molecule has 2 aromatic carbocycles. The Morgan fingerprint density at radius 1 is 1.15 bits per heavy atom. The van der Waals surface area contributed by atoms with Gasteiger partial charge < -0.3 is 10.1 Å². The van der Waals surface area contributed by atoms with Crippen molar-refractivity contribution in [3.8, 4) is 5.75 Å². The average Bonchev–Trinajstić information content (AvgIpc) is 2.63. The molecule has 0 spiro atoms. The third kappa shape index (κ3) is 4.27. The van der Waals surface area contributed by atoms with E-state index < -0.39 is 0 Å². The molecule has 0 aliphatic rings. The third-order valence-electron chi connectivity index (χ3n) is 3.84. The van der Waals surface area contributed by atoms with Gasteiger partial charge in [0.25, 0.3) is 5.56 Å². The number of hydrogen-bond donors (Lipinski definition) is 1. The number of hydrogen-bond acceptors (Lipinski definition) is 4. The standard InChI is InChI=1S/C20H21N3O3/c1-14(2)26-17-9-7-15(8-10-17)11-21-19(24)13-23-20(25)18-6-4-3-5-16(18)12-22-23/h3-10,12,14H,11,13H2,1-2H3,(H,21,24). The maximum Gasteiger partial charge on any atom is 0.275 e. The van der Waals surface area contributed by atoms with Crippen LogP contribution in [0.25, 0.3) is 10.8 Å². The summed E-state index contributed by atoms with van der Waals surface area (Å²) in [5.74, 6) is 0.527. The van der Waals surface area contributed by atoms with Crippen LogP contribution in [0.5, 0.6) is 5.75 Å². The Kier molecular flexibility index (Phi) is 5.31. The van der Waals surface area contributed by atoms with Crippen LogP contribution in [0, 0.1) is 0 Å². The van der Waals surface area contributed by atoms with Crippen LogP contribution in [-0.2, 0) is 17.9 Å². The van der Waals surface area contributed by atoms with Gasteiger partial charge in [0.15, 0.2) is 0 Å². The lowest BCUT2D eigenvalue weighted by Crippen LogP contribution is -2.33. The van der Waals surface area contributed by atoms with Gasteiger partial charge in [0.2, 0.25) is 5.91 Å². The van der Waals surface area contributed by atoms with E-state index in [4.69, 9.17) is 4.74 Å². The number of aromatic nitrogens is 2. The van der Waals surface area contributed by atoms with Crippen molar-refractivity contribution >= 4 is 16.7 Å². The molecule has 0 fully saturated rings. The number of carbonyl (C=O) groups is 1. The van der Waals surface area contributed by atoms with Crippen molar-refractivity contribution in [1.82, 2.24) is 15.1 Å². The number of benzene rings is 2. The molecule has 6 nitrogen and oxygen atoms in total. The van der Waals surface area contributed by atoms with Crippen molar-refractivity contribution in [3.05, 3.63) is 70.6 Å². The highest BCUT2D eigenvalue weighted by molar-refractivity contribution is 5.81. The van der Waals surface area contributed by atoms with Gasteiger partial charge in [0, 0.05) is 11.9 Å². The van der Waals surface area contributed by atoms with Gasteiger partial charge in [-0.05, 0) is 37.6 Å². The second-order valence-corrected chi connectivity index (χ2v) is 6.28. The molecule has 0 unspecified atom stereocenters. The minimum absolute atomic E-state index is 0.113. The summed E-state index contributed by atoms with van der Waals surface area (Å²) in [7, 11) is 0. The molecule has 1 amide bonds. The predicted molar refractivity (Wildman–Crippen MR) is 100 cm³/mol. The Morgan fingerprint density at radius 3 is 2.62 bits per heavy atom. The SMILES string of the molecule is CC(C)Oc1ccc(CNC(=O)Cn2ncc3ccccc3c2=O)cc1. The lowest BCUT2D eigenvalue weighted by Gasteiger charge is -2.11. The molecule has 1 aromatic heterocycles. The van der Waals surface area contributed by atoms with E-state index in [1.165, 1.54) is 4.68 Å². The van der Waals surface area contributed by atoms with Crippen LogP contribution >= 0.6 is 0 Å². The molecule has 3 aromatic rings. The van der Waals surface area contributed by atoms with Gasteiger partial charge in [-0.1, -0.05) is 30.3 Å². The van der Waals surface area contributed by atoms with E-state index in [9.17, 15) is 9.59 Å². The summed E-state index contributed by atoms with van der Waals surface area (Å²) in [6.45, 7) is 4.20. The number of rotatable bonds is 6. The Bertz CT molecular complexity index is 962. The second-order valence-electron chi connectivity index (χ2n) is 6.28. The summed E-state index contributed by atoms with van der Waals surface area (Å²) < 4.78 is 6.77. The van der Waals surface area contributed by atoms with E-state index in [-0.39, 0.29) is 24.1 Å². The smallest absolute Gasteiger partial charge is 0.275 e. The summed E-state index contributed by atoms with van der Waals surface area (Å²) in [5, 5.41) is 8.18. The van der Waals surface area contributed by atoms with Gasteiger partial charge in [-0.3, -0.25) is 9.59 Å². The first-order chi connectivity index (χ1) is 12.5. The minimum Gasteiger partial charge on any atom is -0.491 e. The van der Waals surface area contributed by atoms with E-state index in [2.05, 4.69) is 10.4 Å². The highest BCUT2D eigenvalue weighted by Gasteiger charge is 2.08. The van der Waals surface area contributed by atoms with E-state index >= 15 is 0 Å². The molecule has 0 aliphatic heterocycles. The Balaban J connectivity index is 1.61. The maximum absolute atomic E-state index is 12.4. The summed E-state index contributed by atoms with van der Waals surface area (Å²) >= 11 is 0. The van der Waals surface area contributed by atoms with Gasteiger partial charge in [-0.25, -0.2) is 4.68 Å². The zero-order chi connectivity index (χ0) is 18.5. The molecule has 26 heavy (non-hydrogen) atoms. The van der Waals surface area contributed by atoms with Crippen molar-refractivity contribution in [2.24, 2.45) is 0 Å². The molecule has 0 aliphatic carbocycles. The Hall–Kier alpha value is -3.15. The third-order valence-corrected chi connectivity index (χ3v) is 3.84. The predicted octanol–water partition coefficient (Wildman–Crippen LogP) is 2.50. The van der Waals surface area contributed by atoms with Crippen molar-refractivity contribution in [2.75, 3.05) is 0 Å². The first kappa shape index (κ1) is 17.7. The van der Waals surface area contributed by atoms with Crippen LogP contribution < -0.4 is 15.6 Å². The van der Waals surface area contributed by atoms with Crippen molar-refractivity contribution < 1.29 is 9.53 Å². The van der Waals surface area contributed by atoms with Gasteiger partial charge in [0.1, 0.15) is 12.3 Å². The lowest BCUT2D eigenvalue weighted by molar-refractivity contribution is -0.122. The molecule has 6 heteroatoms. The zero-order valence-corrected chi connectivity index (χ0v) is 14.8. The molecule has 0 saturated heterocycles. The zero-order valence-electron chi connectivity index (χ0n) is 14.8. The fourth-order valence-corrected chi connectivity index (χ4v) is 2.59. The fourth-order valence-electron chi connectivity index (χ4n) is 2.59. The number of amides is 1. The van der Waals surface area contributed by atoms with Crippen LogP contribution in [0.3, 0.4) is 0 Å². The number of nitrogens with zero attached hydrogens (tertiary/aromatic N) is 2.